The molecule has 0 aliphatic heterocycles. The summed E-state index contributed by atoms with van der Waals surface area (Å²) in [7, 11) is 0. The lowest BCUT2D eigenvalue weighted by atomic mass is 9.98. The predicted octanol–water partition coefficient (Wildman–Crippen LogP) is 3.91. The van der Waals surface area contributed by atoms with E-state index in [0.29, 0.717) is 13.8 Å². The second kappa shape index (κ2) is 3.26. The van der Waals surface area contributed by atoms with E-state index in [4.69, 9.17) is 0 Å². The first-order valence-electron chi connectivity index (χ1n) is 4.08. The fourth-order valence-electron chi connectivity index (χ4n) is 1.25. The summed E-state index contributed by atoms with van der Waals surface area (Å²) in [6.45, 7) is 1.22. The minimum Gasteiger partial charge on any atom is -0.202 e. The normalized spacial score (nSPS) is 13.0. The van der Waals surface area contributed by atoms with Gasteiger partial charge in [0.1, 0.15) is 0 Å². The Balaban J connectivity index is 3.31. The molecule has 0 amide bonds. The number of alkyl halides is 4. The van der Waals surface area contributed by atoms with Crippen LogP contribution in [0.15, 0.2) is 24.3 Å². The number of halogens is 4. The van der Waals surface area contributed by atoms with Crippen LogP contribution in [0.1, 0.15) is 25.0 Å². The van der Waals surface area contributed by atoms with E-state index in [-0.39, 0.29) is 0 Å². The first kappa shape index (κ1) is 11.0. The van der Waals surface area contributed by atoms with Crippen LogP contribution in [-0.2, 0) is 11.8 Å². The summed E-state index contributed by atoms with van der Waals surface area (Å²) in [5.41, 5.74) is -1.24. The molecular weight excluding hydrogens is 196 g/mol. The Bertz CT molecular complexity index is 287. The molecule has 1 rings (SSSR count). The molecule has 0 aliphatic rings. The van der Waals surface area contributed by atoms with Crippen molar-refractivity contribution < 1.29 is 17.6 Å². The van der Waals surface area contributed by atoms with Crippen molar-refractivity contribution in [3.05, 3.63) is 35.4 Å². The maximum atomic E-state index is 12.9. The van der Waals surface area contributed by atoms with E-state index in [1.165, 1.54) is 12.1 Å². The van der Waals surface area contributed by atoms with Gasteiger partial charge in [0.25, 0.3) is 11.8 Å². The summed E-state index contributed by atoms with van der Waals surface area (Å²) in [5, 5.41) is 0. The zero-order valence-corrected chi connectivity index (χ0v) is 7.82. The summed E-state index contributed by atoms with van der Waals surface area (Å²) >= 11 is 0. The summed E-state index contributed by atoms with van der Waals surface area (Å²) in [6, 6.07) is 4.68. The SMILES string of the molecule is CC(F)(F)c1ccccc1C(C)(F)F. The number of rotatable bonds is 2. The minimum atomic E-state index is -3.24. The molecule has 0 N–H and O–H groups in total. The maximum absolute atomic E-state index is 12.9. The van der Waals surface area contributed by atoms with Gasteiger partial charge >= 0.3 is 0 Å². The van der Waals surface area contributed by atoms with E-state index in [9.17, 15) is 17.6 Å². The lowest BCUT2D eigenvalue weighted by Gasteiger charge is -2.19. The van der Waals surface area contributed by atoms with Crippen molar-refractivity contribution in [2.75, 3.05) is 0 Å². The van der Waals surface area contributed by atoms with E-state index in [1.54, 1.807) is 0 Å². The topological polar surface area (TPSA) is 0 Å². The third-order valence-electron chi connectivity index (χ3n) is 1.87. The highest BCUT2D eigenvalue weighted by Crippen LogP contribution is 2.37. The van der Waals surface area contributed by atoms with Crippen LogP contribution in [0.25, 0.3) is 0 Å². The van der Waals surface area contributed by atoms with Crippen molar-refractivity contribution in [2.45, 2.75) is 25.7 Å². The van der Waals surface area contributed by atoms with Gasteiger partial charge in [0.2, 0.25) is 0 Å². The highest BCUT2D eigenvalue weighted by atomic mass is 19.3. The first-order chi connectivity index (χ1) is 6.23. The van der Waals surface area contributed by atoms with Crippen LogP contribution in [0.4, 0.5) is 17.6 Å². The monoisotopic (exact) mass is 206 g/mol. The standard InChI is InChI=1S/C10H10F4/c1-9(11,12)7-5-3-4-6-8(7)10(2,13)14/h3-6H,1-2H3. The Hall–Kier alpha value is -1.06. The van der Waals surface area contributed by atoms with Gasteiger partial charge < -0.3 is 0 Å². The average molecular weight is 206 g/mol. The Morgan fingerprint density at radius 2 is 1.07 bits per heavy atom. The molecule has 0 heterocycles. The Morgan fingerprint density at radius 1 is 0.786 bits per heavy atom. The Morgan fingerprint density at radius 3 is 1.29 bits per heavy atom. The van der Waals surface area contributed by atoms with E-state index in [1.807, 2.05) is 0 Å². The molecule has 0 fully saturated rings. The Labute approximate surface area is 79.6 Å². The maximum Gasteiger partial charge on any atom is 0.271 e. The molecule has 0 aromatic heterocycles. The Kier molecular flexibility index (Phi) is 2.56. The quantitative estimate of drug-likeness (QED) is 0.643. The van der Waals surface area contributed by atoms with Crippen molar-refractivity contribution in [3.8, 4) is 0 Å². The average Bonchev–Trinajstić information content (AvgIpc) is 2.01. The third-order valence-corrected chi connectivity index (χ3v) is 1.87. The molecule has 1 aromatic carbocycles. The second-order valence-corrected chi connectivity index (χ2v) is 3.32. The van der Waals surface area contributed by atoms with Crippen molar-refractivity contribution in [2.24, 2.45) is 0 Å². The summed E-state index contributed by atoms with van der Waals surface area (Å²) < 4.78 is 51.6. The molecule has 78 valence electrons. The van der Waals surface area contributed by atoms with Gasteiger partial charge in [0, 0.05) is 25.0 Å². The van der Waals surface area contributed by atoms with Crippen molar-refractivity contribution >= 4 is 0 Å². The largest absolute Gasteiger partial charge is 0.271 e. The highest BCUT2D eigenvalue weighted by Gasteiger charge is 2.35. The smallest absolute Gasteiger partial charge is 0.202 e. The van der Waals surface area contributed by atoms with Crippen molar-refractivity contribution in [1.29, 1.82) is 0 Å². The van der Waals surface area contributed by atoms with E-state index >= 15 is 0 Å². The van der Waals surface area contributed by atoms with E-state index in [0.717, 1.165) is 12.1 Å². The van der Waals surface area contributed by atoms with Gasteiger partial charge in [-0.2, -0.15) is 0 Å². The van der Waals surface area contributed by atoms with Gasteiger partial charge in [-0.3, -0.25) is 0 Å². The first-order valence-corrected chi connectivity index (χ1v) is 4.08. The highest BCUT2D eigenvalue weighted by molar-refractivity contribution is 5.33. The lowest BCUT2D eigenvalue weighted by Crippen LogP contribution is -2.17. The third kappa shape index (κ3) is 2.25. The van der Waals surface area contributed by atoms with E-state index in [2.05, 4.69) is 0 Å². The van der Waals surface area contributed by atoms with Crippen LogP contribution in [-0.4, -0.2) is 0 Å². The van der Waals surface area contributed by atoms with Gasteiger partial charge in [0.05, 0.1) is 0 Å². The zero-order chi connectivity index (χ0) is 11.0. The van der Waals surface area contributed by atoms with Gasteiger partial charge in [-0.25, -0.2) is 17.6 Å². The van der Waals surface area contributed by atoms with Gasteiger partial charge in [-0.15, -0.1) is 0 Å². The lowest BCUT2D eigenvalue weighted by molar-refractivity contribution is -0.0101. The molecule has 0 saturated heterocycles. The van der Waals surface area contributed by atoms with Crippen LogP contribution in [0.2, 0.25) is 0 Å². The van der Waals surface area contributed by atoms with Gasteiger partial charge in [0.15, 0.2) is 0 Å². The van der Waals surface area contributed by atoms with Crippen LogP contribution >= 0.6 is 0 Å². The summed E-state index contributed by atoms with van der Waals surface area (Å²) in [5.74, 6) is -6.48. The molecule has 0 nitrogen and oxygen atoms in total. The van der Waals surface area contributed by atoms with Crippen LogP contribution in [0.3, 0.4) is 0 Å². The predicted molar refractivity (Wildman–Crippen MR) is 45.6 cm³/mol. The van der Waals surface area contributed by atoms with Crippen molar-refractivity contribution in [1.82, 2.24) is 0 Å². The molecule has 14 heavy (non-hydrogen) atoms. The molecule has 1 aromatic rings. The number of benzene rings is 1. The van der Waals surface area contributed by atoms with Crippen molar-refractivity contribution in [3.63, 3.8) is 0 Å². The fourth-order valence-corrected chi connectivity index (χ4v) is 1.25. The molecule has 0 aliphatic carbocycles. The molecule has 0 unspecified atom stereocenters. The molecule has 0 saturated carbocycles. The molecule has 0 radical (unpaired) electrons. The second-order valence-electron chi connectivity index (χ2n) is 3.32. The zero-order valence-electron chi connectivity index (χ0n) is 7.82. The van der Waals surface area contributed by atoms with Crippen LogP contribution in [0.5, 0.6) is 0 Å². The molecule has 0 bridgehead atoms. The molecule has 4 heteroatoms. The molecule has 0 atom stereocenters. The van der Waals surface area contributed by atoms with Gasteiger partial charge in [-0.05, 0) is 0 Å². The molecule has 0 spiro atoms. The molecular formula is C10H10F4. The van der Waals surface area contributed by atoms with Gasteiger partial charge in [-0.1, -0.05) is 24.3 Å². The number of hydrogen-bond acceptors (Lipinski definition) is 0. The summed E-state index contributed by atoms with van der Waals surface area (Å²) in [6.07, 6.45) is 0. The van der Waals surface area contributed by atoms with E-state index < -0.39 is 23.0 Å². The summed E-state index contributed by atoms with van der Waals surface area (Å²) in [4.78, 5) is 0. The van der Waals surface area contributed by atoms with Crippen LogP contribution in [0, 0.1) is 0 Å². The number of hydrogen-bond donors (Lipinski definition) is 0. The minimum absolute atomic E-state index is 0.609. The van der Waals surface area contributed by atoms with Crippen LogP contribution < -0.4 is 0 Å². The fraction of sp³-hybridized carbons (Fsp3) is 0.400.